The molecule has 25 heavy (non-hydrogen) atoms. The summed E-state index contributed by atoms with van der Waals surface area (Å²) in [5, 5.41) is 0. The SMILES string of the molecule is O=S(=O)(c1c(F)cccc1F)N1CCN(c2ccc(F)cc2F)CC1. The second-order valence-corrected chi connectivity index (χ2v) is 7.41. The monoisotopic (exact) mass is 374 g/mol. The van der Waals surface area contributed by atoms with Crippen molar-refractivity contribution in [3.8, 4) is 0 Å². The Morgan fingerprint density at radius 2 is 1.40 bits per heavy atom. The van der Waals surface area contributed by atoms with Crippen molar-refractivity contribution in [3.63, 3.8) is 0 Å². The molecule has 0 unspecified atom stereocenters. The molecule has 0 spiro atoms. The normalized spacial score (nSPS) is 16.2. The molecule has 0 N–H and O–H groups in total. The van der Waals surface area contributed by atoms with E-state index in [0.29, 0.717) is 0 Å². The van der Waals surface area contributed by atoms with Crippen molar-refractivity contribution >= 4 is 15.7 Å². The van der Waals surface area contributed by atoms with E-state index in [4.69, 9.17) is 0 Å². The molecule has 0 atom stereocenters. The first kappa shape index (κ1) is 17.7. The van der Waals surface area contributed by atoms with Crippen LogP contribution in [0.3, 0.4) is 0 Å². The van der Waals surface area contributed by atoms with Crippen molar-refractivity contribution in [1.82, 2.24) is 4.31 Å². The van der Waals surface area contributed by atoms with E-state index in [1.54, 1.807) is 4.90 Å². The van der Waals surface area contributed by atoms with Crippen molar-refractivity contribution in [2.75, 3.05) is 31.1 Å². The highest BCUT2D eigenvalue weighted by Gasteiger charge is 2.33. The van der Waals surface area contributed by atoms with Gasteiger partial charge in [-0.1, -0.05) is 6.07 Å². The standard InChI is InChI=1S/C16H14F4N2O2S/c17-11-4-5-15(14(20)10-11)21-6-8-22(9-7-21)25(23,24)16-12(18)2-1-3-13(16)19/h1-5,10H,6-9H2. The van der Waals surface area contributed by atoms with E-state index >= 15 is 0 Å². The van der Waals surface area contributed by atoms with Gasteiger partial charge in [-0.15, -0.1) is 0 Å². The average molecular weight is 374 g/mol. The Bertz CT molecular complexity index is 877. The molecule has 134 valence electrons. The van der Waals surface area contributed by atoms with Gasteiger partial charge in [0.25, 0.3) is 0 Å². The summed E-state index contributed by atoms with van der Waals surface area (Å²) < 4.78 is 80.3. The third kappa shape index (κ3) is 3.34. The zero-order valence-electron chi connectivity index (χ0n) is 12.9. The lowest BCUT2D eigenvalue weighted by Crippen LogP contribution is -2.49. The number of halogens is 4. The van der Waals surface area contributed by atoms with Crippen LogP contribution in [0.25, 0.3) is 0 Å². The summed E-state index contributed by atoms with van der Waals surface area (Å²) in [6.07, 6.45) is 0. The lowest BCUT2D eigenvalue weighted by Gasteiger charge is -2.35. The number of benzene rings is 2. The number of nitrogens with zero attached hydrogens (tertiary/aromatic N) is 2. The molecule has 0 radical (unpaired) electrons. The summed E-state index contributed by atoms with van der Waals surface area (Å²) in [6.45, 7) is 0.0650. The first-order valence-electron chi connectivity index (χ1n) is 7.45. The fourth-order valence-corrected chi connectivity index (χ4v) is 4.30. The zero-order chi connectivity index (χ0) is 18.2. The highest BCUT2D eigenvalue weighted by Crippen LogP contribution is 2.26. The average Bonchev–Trinajstić information content (AvgIpc) is 2.54. The lowest BCUT2D eigenvalue weighted by molar-refractivity contribution is 0.377. The molecule has 2 aromatic carbocycles. The number of hydrogen-bond acceptors (Lipinski definition) is 3. The Morgan fingerprint density at radius 3 is 1.96 bits per heavy atom. The molecule has 0 aromatic heterocycles. The molecule has 0 aliphatic carbocycles. The maximum atomic E-state index is 13.8. The van der Waals surface area contributed by atoms with Crippen LogP contribution in [-0.4, -0.2) is 38.9 Å². The quantitative estimate of drug-likeness (QED) is 0.776. The molecule has 2 aromatic rings. The van der Waals surface area contributed by atoms with Crippen LogP contribution in [0.4, 0.5) is 23.2 Å². The number of piperazine rings is 1. The molecule has 1 fully saturated rings. The molecular formula is C16H14F4N2O2S. The van der Waals surface area contributed by atoms with Gasteiger partial charge in [0.2, 0.25) is 10.0 Å². The predicted molar refractivity (Wildman–Crippen MR) is 83.7 cm³/mol. The van der Waals surface area contributed by atoms with Crippen LogP contribution in [-0.2, 0) is 10.0 Å². The number of rotatable bonds is 3. The summed E-state index contributed by atoms with van der Waals surface area (Å²) in [4.78, 5) is 0.565. The van der Waals surface area contributed by atoms with E-state index < -0.39 is 38.2 Å². The summed E-state index contributed by atoms with van der Waals surface area (Å²) >= 11 is 0. The van der Waals surface area contributed by atoms with Gasteiger partial charge in [-0.25, -0.2) is 26.0 Å². The first-order valence-corrected chi connectivity index (χ1v) is 8.89. The van der Waals surface area contributed by atoms with Gasteiger partial charge in [-0.3, -0.25) is 0 Å². The molecule has 9 heteroatoms. The summed E-state index contributed by atoms with van der Waals surface area (Å²) in [7, 11) is -4.34. The van der Waals surface area contributed by atoms with E-state index in [1.165, 1.54) is 6.07 Å². The summed E-state index contributed by atoms with van der Waals surface area (Å²) in [5.41, 5.74) is 0.149. The lowest BCUT2D eigenvalue weighted by atomic mass is 10.2. The summed E-state index contributed by atoms with van der Waals surface area (Å²) in [5.74, 6) is -3.78. The van der Waals surface area contributed by atoms with E-state index in [9.17, 15) is 26.0 Å². The van der Waals surface area contributed by atoms with E-state index in [1.807, 2.05) is 0 Å². The molecule has 4 nitrogen and oxygen atoms in total. The largest absolute Gasteiger partial charge is 0.367 e. The van der Waals surface area contributed by atoms with Gasteiger partial charge in [0.1, 0.15) is 23.3 Å². The maximum absolute atomic E-state index is 13.8. The van der Waals surface area contributed by atoms with Gasteiger partial charge in [0.05, 0.1) is 5.69 Å². The Balaban J connectivity index is 1.80. The minimum Gasteiger partial charge on any atom is -0.367 e. The van der Waals surface area contributed by atoms with Crippen LogP contribution in [0, 0.1) is 23.3 Å². The second kappa shape index (κ2) is 6.64. The Morgan fingerprint density at radius 1 is 0.800 bits per heavy atom. The Kier molecular flexibility index (Phi) is 4.70. The molecule has 0 saturated carbocycles. The molecular weight excluding hydrogens is 360 g/mol. The van der Waals surface area contributed by atoms with Crippen LogP contribution in [0.1, 0.15) is 0 Å². The number of sulfonamides is 1. The van der Waals surface area contributed by atoms with Gasteiger partial charge in [-0.05, 0) is 24.3 Å². The summed E-state index contributed by atoms with van der Waals surface area (Å²) in [6, 6.07) is 5.95. The van der Waals surface area contributed by atoms with Crippen molar-refractivity contribution in [3.05, 3.63) is 59.7 Å². The third-order valence-corrected chi connectivity index (χ3v) is 5.96. The van der Waals surface area contributed by atoms with Gasteiger partial charge < -0.3 is 4.90 Å². The van der Waals surface area contributed by atoms with E-state index in [-0.39, 0.29) is 31.9 Å². The Hall–Kier alpha value is -2.13. The maximum Gasteiger partial charge on any atom is 0.249 e. The minimum atomic E-state index is -4.34. The second-order valence-electron chi connectivity index (χ2n) is 5.54. The van der Waals surface area contributed by atoms with Crippen LogP contribution in [0.5, 0.6) is 0 Å². The van der Waals surface area contributed by atoms with E-state index in [0.717, 1.165) is 34.6 Å². The van der Waals surface area contributed by atoms with Gasteiger partial charge >= 0.3 is 0 Å². The predicted octanol–water partition coefficient (Wildman–Crippen LogP) is 2.75. The van der Waals surface area contributed by atoms with Crippen LogP contribution in [0.2, 0.25) is 0 Å². The third-order valence-electron chi connectivity index (χ3n) is 4.01. The highest BCUT2D eigenvalue weighted by molar-refractivity contribution is 7.89. The molecule has 1 aliphatic rings. The fourth-order valence-electron chi connectivity index (χ4n) is 2.77. The van der Waals surface area contributed by atoms with Gasteiger partial charge in [-0.2, -0.15) is 4.31 Å². The molecule has 3 rings (SSSR count). The van der Waals surface area contributed by atoms with Crippen molar-refractivity contribution in [1.29, 1.82) is 0 Å². The van der Waals surface area contributed by atoms with Crippen molar-refractivity contribution in [2.24, 2.45) is 0 Å². The topological polar surface area (TPSA) is 40.6 Å². The fraction of sp³-hybridized carbons (Fsp3) is 0.250. The van der Waals surface area contributed by atoms with Crippen LogP contribution < -0.4 is 4.90 Å². The number of hydrogen-bond donors (Lipinski definition) is 0. The highest BCUT2D eigenvalue weighted by atomic mass is 32.2. The molecule has 1 heterocycles. The smallest absolute Gasteiger partial charge is 0.249 e. The minimum absolute atomic E-state index is 0.0765. The zero-order valence-corrected chi connectivity index (χ0v) is 13.7. The molecule has 0 amide bonds. The van der Waals surface area contributed by atoms with Crippen molar-refractivity contribution in [2.45, 2.75) is 4.90 Å². The van der Waals surface area contributed by atoms with Crippen LogP contribution >= 0.6 is 0 Å². The van der Waals surface area contributed by atoms with Gasteiger partial charge in [0.15, 0.2) is 4.90 Å². The molecule has 1 aliphatic heterocycles. The molecule has 0 bridgehead atoms. The Labute approximate surface area is 142 Å². The van der Waals surface area contributed by atoms with E-state index in [2.05, 4.69) is 0 Å². The van der Waals surface area contributed by atoms with Crippen molar-refractivity contribution < 1.29 is 26.0 Å². The molecule has 1 saturated heterocycles. The van der Waals surface area contributed by atoms with Gasteiger partial charge in [0, 0.05) is 32.2 Å². The number of anilines is 1. The first-order chi connectivity index (χ1) is 11.8. The van der Waals surface area contributed by atoms with Crippen LogP contribution in [0.15, 0.2) is 41.3 Å².